The van der Waals surface area contributed by atoms with Gasteiger partial charge in [0.2, 0.25) is 5.75 Å². The fraction of sp³-hybridized carbons (Fsp3) is 0.296. The number of likely N-dealkylation sites (tertiary alicyclic amines) is 1. The summed E-state index contributed by atoms with van der Waals surface area (Å²) in [5.74, 6) is -2.38. The first-order chi connectivity index (χ1) is 19.5. The smallest absolute Gasteiger partial charge is 0.315 e. The van der Waals surface area contributed by atoms with E-state index >= 15 is 0 Å². The maximum absolute atomic E-state index is 13.5. The Morgan fingerprint density at radius 1 is 1.07 bits per heavy atom. The van der Waals surface area contributed by atoms with E-state index in [4.69, 9.17) is 23.2 Å². The number of amides is 2. The first kappa shape index (κ1) is 28.6. The monoisotopic (exact) mass is 615 g/mol. The van der Waals surface area contributed by atoms with Crippen molar-refractivity contribution >= 4 is 44.9 Å². The molecule has 1 aromatic heterocycles. The van der Waals surface area contributed by atoms with Crippen molar-refractivity contribution in [3.63, 3.8) is 0 Å². The SMILES string of the molecule is N#Cc1ccccc1S(=O)(=O)CCN1CCn2c(C3CCCN3C(=O)c3c(Cl)cccc3Cl)nc(=O)c(O)c2C1=O. The molecule has 14 heteroatoms. The number of aromatic hydroxyl groups is 1. The summed E-state index contributed by atoms with van der Waals surface area (Å²) in [5.41, 5.74) is -1.25. The summed E-state index contributed by atoms with van der Waals surface area (Å²) in [7, 11) is -3.92. The Balaban J connectivity index is 1.45. The van der Waals surface area contributed by atoms with Gasteiger partial charge in [-0.2, -0.15) is 10.2 Å². The second kappa shape index (κ2) is 11.2. The molecule has 1 unspecified atom stereocenters. The lowest BCUT2D eigenvalue weighted by molar-refractivity contribution is 0.0689. The van der Waals surface area contributed by atoms with Crippen LogP contribution in [0.5, 0.6) is 5.75 Å². The Morgan fingerprint density at radius 3 is 2.49 bits per heavy atom. The summed E-state index contributed by atoms with van der Waals surface area (Å²) >= 11 is 12.5. The molecular formula is C27H23Cl2N5O6S. The molecule has 3 heterocycles. The zero-order valence-corrected chi connectivity index (χ0v) is 23.8. The minimum atomic E-state index is -3.92. The Kier molecular flexibility index (Phi) is 7.78. The number of halogens is 2. The number of fused-ring (bicyclic) bond motifs is 1. The number of nitrogens with zero attached hydrogens (tertiary/aromatic N) is 5. The normalized spacial score (nSPS) is 16.9. The van der Waals surface area contributed by atoms with E-state index < -0.39 is 44.8 Å². The van der Waals surface area contributed by atoms with Crippen molar-refractivity contribution in [3.8, 4) is 11.8 Å². The second-order valence-electron chi connectivity index (χ2n) is 9.60. The van der Waals surface area contributed by atoms with Gasteiger partial charge in [-0.05, 0) is 37.1 Å². The van der Waals surface area contributed by atoms with Crippen LogP contribution in [0.4, 0.5) is 0 Å². The fourth-order valence-electron chi connectivity index (χ4n) is 5.24. The minimum Gasteiger partial charge on any atom is -0.501 e. The van der Waals surface area contributed by atoms with E-state index in [1.165, 1.54) is 32.6 Å². The van der Waals surface area contributed by atoms with Crippen LogP contribution in [0.1, 0.15) is 51.1 Å². The highest BCUT2D eigenvalue weighted by Crippen LogP contribution is 2.36. The fourth-order valence-corrected chi connectivity index (χ4v) is 7.21. The van der Waals surface area contributed by atoms with Crippen molar-refractivity contribution in [2.75, 3.05) is 25.4 Å². The molecule has 3 aromatic rings. The van der Waals surface area contributed by atoms with Crippen LogP contribution in [0.25, 0.3) is 0 Å². The number of benzene rings is 2. The number of carbonyl (C=O) groups is 2. The Bertz CT molecular complexity index is 1770. The highest BCUT2D eigenvalue weighted by molar-refractivity contribution is 7.91. The summed E-state index contributed by atoms with van der Waals surface area (Å²) in [6.45, 7) is 0.261. The van der Waals surface area contributed by atoms with Gasteiger partial charge in [-0.3, -0.25) is 14.4 Å². The van der Waals surface area contributed by atoms with E-state index in [-0.39, 0.29) is 57.2 Å². The van der Waals surface area contributed by atoms with Gasteiger partial charge in [0.05, 0.1) is 37.9 Å². The van der Waals surface area contributed by atoms with Gasteiger partial charge in [-0.1, -0.05) is 41.4 Å². The Hall–Kier alpha value is -3.92. The van der Waals surface area contributed by atoms with Crippen LogP contribution in [0, 0.1) is 11.3 Å². The van der Waals surface area contributed by atoms with Crippen molar-refractivity contribution < 1.29 is 23.1 Å². The summed E-state index contributed by atoms with van der Waals surface area (Å²) in [6, 6.07) is 11.7. The van der Waals surface area contributed by atoms with Gasteiger partial charge >= 0.3 is 5.56 Å². The van der Waals surface area contributed by atoms with Crippen LogP contribution in [0.15, 0.2) is 52.2 Å². The predicted octanol–water partition coefficient (Wildman–Crippen LogP) is 3.03. The minimum absolute atomic E-state index is 0.00327. The largest absolute Gasteiger partial charge is 0.501 e. The molecule has 0 saturated carbocycles. The molecule has 1 saturated heterocycles. The molecule has 1 atom stereocenters. The maximum Gasteiger partial charge on any atom is 0.315 e. The maximum atomic E-state index is 13.5. The third kappa shape index (κ3) is 5.16. The lowest BCUT2D eigenvalue weighted by Gasteiger charge is -2.34. The van der Waals surface area contributed by atoms with E-state index in [0.717, 1.165) is 0 Å². The quantitative estimate of drug-likeness (QED) is 0.444. The molecule has 2 aromatic carbocycles. The Morgan fingerprint density at radius 2 is 1.78 bits per heavy atom. The summed E-state index contributed by atoms with van der Waals surface area (Å²) < 4.78 is 27.3. The second-order valence-corrected chi connectivity index (χ2v) is 12.5. The van der Waals surface area contributed by atoms with Gasteiger partial charge in [0.15, 0.2) is 15.5 Å². The van der Waals surface area contributed by atoms with Gasteiger partial charge in [0.25, 0.3) is 11.8 Å². The van der Waals surface area contributed by atoms with Crippen LogP contribution in [0.2, 0.25) is 10.0 Å². The van der Waals surface area contributed by atoms with E-state index in [1.54, 1.807) is 24.3 Å². The van der Waals surface area contributed by atoms with Crippen molar-refractivity contribution in [2.45, 2.75) is 30.3 Å². The molecule has 0 bridgehead atoms. The average Bonchev–Trinajstić information content (AvgIpc) is 3.44. The van der Waals surface area contributed by atoms with Crippen LogP contribution in [0.3, 0.4) is 0 Å². The molecule has 0 spiro atoms. The van der Waals surface area contributed by atoms with Crippen LogP contribution >= 0.6 is 23.2 Å². The molecule has 212 valence electrons. The predicted molar refractivity (Wildman–Crippen MR) is 149 cm³/mol. The van der Waals surface area contributed by atoms with E-state index in [1.807, 2.05) is 6.07 Å². The van der Waals surface area contributed by atoms with Crippen molar-refractivity contribution in [3.05, 3.63) is 85.5 Å². The van der Waals surface area contributed by atoms with Gasteiger partial charge in [-0.15, -0.1) is 0 Å². The highest BCUT2D eigenvalue weighted by atomic mass is 35.5. The summed E-state index contributed by atoms with van der Waals surface area (Å²) in [5, 5.41) is 20.2. The van der Waals surface area contributed by atoms with Gasteiger partial charge < -0.3 is 19.5 Å². The lowest BCUT2D eigenvalue weighted by Crippen LogP contribution is -2.46. The molecule has 2 aliphatic heterocycles. The van der Waals surface area contributed by atoms with Crippen molar-refractivity contribution in [2.24, 2.45) is 0 Å². The van der Waals surface area contributed by atoms with Gasteiger partial charge in [-0.25, -0.2) is 8.42 Å². The number of rotatable bonds is 6. The van der Waals surface area contributed by atoms with Crippen LogP contribution in [-0.4, -0.2) is 70.1 Å². The molecule has 2 amide bonds. The van der Waals surface area contributed by atoms with E-state index in [9.17, 15) is 33.2 Å². The van der Waals surface area contributed by atoms with E-state index in [2.05, 4.69) is 4.98 Å². The lowest BCUT2D eigenvalue weighted by atomic mass is 10.1. The van der Waals surface area contributed by atoms with Crippen LogP contribution < -0.4 is 5.56 Å². The number of carbonyl (C=O) groups excluding carboxylic acids is 2. The number of aromatic nitrogens is 2. The summed E-state index contributed by atoms with van der Waals surface area (Å²) in [4.78, 5) is 46.3. The molecule has 1 N–H and O–H groups in total. The zero-order chi connectivity index (χ0) is 29.5. The van der Waals surface area contributed by atoms with Crippen molar-refractivity contribution in [1.29, 1.82) is 5.26 Å². The molecular weight excluding hydrogens is 593 g/mol. The van der Waals surface area contributed by atoms with Crippen molar-refractivity contribution in [1.82, 2.24) is 19.4 Å². The molecule has 1 fully saturated rings. The number of hydrogen-bond donors (Lipinski definition) is 1. The molecule has 11 nitrogen and oxygen atoms in total. The Labute approximate surface area is 245 Å². The molecule has 0 radical (unpaired) electrons. The van der Waals surface area contributed by atoms with Gasteiger partial charge in [0, 0.05) is 26.2 Å². The number of nitriles is 1. The number of hydrogen-bond acceptors (Lipinski definition) is 8. The molecule has 5 rings (SSSR count). The zero-order valence-electron chi connectivity index (χ0n) is 21.5. The first-order valence-corrected chi connectivity index (χ1v) is 15.1. The van der Waals surface area contributed by atoms with Crippen LogP contribution in [-0.2, 0) is 16.4 Å². The summed E-state index contributed by atoms with van der Waals surface area (Å²) in [6.07, 6.45) is 1.03. The van der Waals surface area contributed by atoms with Gasteiger partial charge in [0.1, 0.15) is 11.9 Å². The molecule has 41 heavy (non-hydrogen) atoms. The standard InChI is InChI=1S/C27H23Cl2N5O6S/c28-17-6-3-7-18(29)21(17)26(37)33-10-4-8-19(33)24-31-25(36)23(35)22-27(38)32(11-12-34(22)24)13-14-41(39,40)20-9-2-1-5-16(20)15-30/h1-3,5-7,9,19,35H,4,8,10-14H2. The van der Waals surface area contributed by atoms with E-state index in [0.29, 0.717) is 19.4 Å². The third-order valence-electron chi connectivity index (χ3n) is 7.23. The highest BCUT2D eigenvalue weighted by Gasteiger charge is 2.39. The number of sulfone groups is 1. The molecule has 0 aliphatic carbocycles. The molecule has 2 aliphatic rings. The third-order valence-corrected chi connectivity index (χ3v) is 9.61. The topological polar surface area (TPSA) is 154 Å². The average molecular weight is 616 g/mol. The first-order valence-electron chi connectivity index (χ1n) is 12.6.